The van der Waals surface area contributed by atoms with E-state index in [0.717, 1.165) is 12.8 Å². The number of hydrogen-bond donors (Lipinski definition) is 1. The second kappa shape index (κ2) is 9.93. The number of piperidine rings is 1. The number of methoxy groups -OCH3 is 2. The summed E-state index contributed by atoms with van der Waals surface area (Å²) in [6.07, 6.45) is 2.28. The maximum absolute atomic E-state index is 13.2. The van der Waals surface area contributed by atoms with Gasteiger partial charge in [0.15, 0.2) is 0 Å². The summed E-state index contributed by atoms with van der Waals surface area (Å²) in [5.74, 6) is -0.168. The molecule has 9 heteroatoms. The van der Waals surface area contributed by atoms with Gasteiger partial charge in [0.05, 0.1) is 24.7 Å². The first-order valence-corrected chi connectivity index (χ1v) is 11.4. The van der Waals surface area contributed by atoms with Gasteiger partial charge in [0.25, 0.3) is 0 Å². The second-order valence-corrected chi connectivity index (χ2v) is 9.15. The van der Waals surface area contributed by atoms with Gasteiger partial charge >= 0.3 is 5.97 Å². The van der Waals surface area contributed by atoms with Gasteiger partial charge in [0.2, 0.25) is 15.9 Å². The van der Waals surface area contributed by atoms with E-state index in [9.17, 15) is 18.0 Å². The minimum absolute atomic E-state index is 0.0497. The van der Waals surface area contributed by atoms with Crippen LogP contribution >= 0.6 is 0 Å². The fourth-order valence-corrected chi connectivity index (χ4v) is 5.30. The van der Waals surface area contributed by atoms with Crippen molar-refractivity contribution in [1.82, 2.24) is 4.31 Å². The molecule has 0 saturated carbocycles. The van der Waals surface area contributed by atoms with Crippen molar-refractivity contribution < 1.29 is 27.5 Å². The molecule has 166 valence electrons. The number of nitrogens with one attached hydrogen (secondary N) is 1. The maximum Gasteiger partial charge on any atom is 0.337 e. The maximum atomic E-state index is 13.2. The van der Waals surface area contributed by atoms with Crippen molar-refractivity contribution in [2.24, 2.45) is 0 Å². The molecular weight excluding hydrogens is 420 g/mol. The van der Waals surface area contributed by atoms with E-state index in [1.54, 1.807) is 36.4 Å². The van der Waals surface area contributed by atoms with Crippen molar-refractivity contribution in [2.45, 2.75) is 36.6 Å². The quantitative estimate of drug-likeness (QED) is 0.656. The van der Waals surface area contributed by atoms with Crippen LogP contribution in [0.1, 0.15) is 36.0 Å². The summed E-state index contributed by atoms with van der Waals surface area (Å²) in [6.45, 7) is 0.375. The van der Waals surface area contributed by atoms with Gasteiger partial charge in [0, 0.05) is 24.7 Å². The van der Waals surface area contributed by atoms with Gasteiger partial charge in [0.1, 0.15) is 5.75 Å². The highest BCUT2D eigenvalue weighted by molar-refractivity contribution is 7.89. The third-order valence-electron chi connectivity index (χ3n) is 5.25. The zero-order chi connectivity index (χ0) is 22.4. The van der Waals surface area contributed by atoms with E-state index in [0.29, 0.717) is 30.0 Å². The summed E-state index contributed by atoms with van der Waals surface area (Å²) in [5, 5.41) is 2.77. The molecule has 1 aliphatic rings. The molecule has 2 aromatic rings. The molecular formula is C22H26N2O6S. The average Bonchev–Trinajstić information content (AvgIpc) is 2.79. The van der Waals surface area contributed by atoms with E-state index in [2.05, 4.69) is 10.1 Å². The molecule has 2 aromatic carbocycles. The molecule has 3 rings (SSSR count). The number of benzene rings is 2. The van der Waals surface area contributed by atoms with Gasteiger partial charge in [-0.2, -0.15) is 4.31 Å². The second-order valence-electron chi connectivity index (χ2n) is 7.26. The molecule has 0 unspecified atom stereocenters. The Bertz CT molecular complexity index is 1020. The van der Waals surface area contributed by atoms with Gasteiger partial charge in [-0.15, -0.1) is 0 Å². The summed E-state index contributed by atoms with van der Waals surface area (Å²) in [6, 6.07) is 12.2. The Hall–Kier alpha value is -2.91. The van der Waals surface area contributed by atoms with Crippen LogP contribution < -0.4 is 10.1 Å². The lowest BCUT2D eigenvalue weighted by molar-refractivity contribution is -0.117. The zero-order valence-electron chi connectivity index (χ0n) is 17.5. The van der Waals surface area contributed by atoms with Crippen molar-refractivity contribution >= 4 is 27.6 Å². The molecule has 1 fully saturated rings. The highest BCUT2D eigenvalue weighted by Gasteiger charge is 2.34. The number of carbonyl (C=O) groups excluding carboxylic acids is 2. The highest BCUT2D eigenvalue weighted by atomic mass is 32.2. The van der Waals surface area contributed by atoms with Gasteiger partial charge in [-0.3, -0.25) is 4.79 Å². The summed E-state index contributed by atoms with van der Waals surface area (Å²) in [7, 11) is -0.907. The van der Waals surface area contributed by atoms with Gasteiger partial charge in [-0.25, -0.2) is 13.2 Å². The predicted molar refractivity (Wildman–Crippen MR) is 116 cm³/mol. The predicted octanol–water partition coefficient (Wildman–Crippen LogP) is 3.05. The Morgan fingerprint density at radius 2 is 1.71 bits per heavy atom. The highest BCUT2D eigenvalue weighted by Crippen LogP contribution is 2.28. The van der Waals surface area contributed by atoms with Crippen LogP contribution in [-0.2, 0) is 19.6 Å². The summed E-state index contributed by atoms with van der Waals surface area (Å²) in [4.78, 5) is 24.3. The standard InChI is InChI=1S/C22H26N2O6S/c1-29-19-10-12-20(13-11-19)31(27,28)24-14-4-3-5-18(24)15-21(25)23-17-8-6-16(7-9-17)22(26)30-2/h6-13,18H,3-5,14-15H2,1-2H3,(H,23,25)/t18-/m1/s1. The van der Waals surface area contributed by atoms with Gasteiger partial charge in [-0.1, -0.05) is 6.42 Å². The fourth-order valence-electron chi connectivity index (χ4n) is 3.61. The monoisotopic (exact) mass is 446 g/mol. The molecule has 1 atom stereocenters. The molecule has 1 heterocycles. The molecule has 31 heavy (non-hydrogen) atoms. The van der Waals surface area contributed by atoms with Crippen LogP contribution in [0.2, 0.25) is 0 Å². The lowest BCUT2D eigenvalue weighted by Crippen LogP contribution is -2.45. The lowest BCUT2D eigenvalue weighted by Gasteiger charge is -2.34. The Balaban J connectivity index is 1.70. The van der Waals surface area contributed by atoms with Crippen LogP contribution in [0, 0.1) is 0 Å². The fraction of sp³-hybridized carbons (Fsp3) is 0.364. The number of anilines is 1. The summed E-state index contributed by atoms with van der Waals surface area (Å²) >= 11 is 0. The molecule has 8 nitrogen and oxygen atoms in total. The molecule has 0 spiro atoms. The molecule has 1 amide bonds. The van der Waals surface area contributed by atoms with E-state index < -0.39 is 22.0 Å². The first-order valence-electron chi connectivity index (χ1n) is 9.99. The van der Waals surface area contributed by atoms with Crippen molar-refractivity contribution in [3.8, 4) is 5.75 Å². The number of ether oxygens (including phenoxy) is 2. The van der Waals surface area contributed by atoms with Crippen LogP contribution in [-0.4, -0.2) is 51.4 Å². The van der Waals surface area contributed by atoms with Crippen LogP contribution in [0.15, 0.2) is 53.4 Å². The first kappa shape index (κ1) is 22.8. The largest absolute Gasteiger partial charge is 0.497 e. The molecule has 1 saturated heterocycles. The Kier molecular flexibility index (Phi) is 7.29. The molecule has 0 aliphatic carbocycles. The smallest absolute Gasteiger partial charge is 0.337 e. The van der Waals surface area contributed by atoms with E-state index >= 15 is 0 Å². The SMILES string of the molecule is COC(=O)c1ccc(NC(=O)C[C@H]2CCCCN2S(=O)(=O)c2ccc(OC)cc2)cc1. The third kappa shape index (κ3) is 5.42. The van der Waals surface area contributed by atoms with Crippen LogP contribution in [0.5, 0.6) is 5.75 Å². The number of amides is 1. The minimum Gasteiger partial charge on any atom is -0.497 e. The van der Waals surface area contributed by atoms with Crippen LogP contribution in [0.25, 0.3) is 0 Å². The number of carbonyl (C=O) groups is 2. The topological polar surface area (TPSA) is 102 Å². The average molecular weight is 447 g/mol. The van der Waals surface area contributed by atoms with Crippen molar-refractivity contribution in [1.29, 1.82) is 0 Å². The molecule has 0 aromatic heterocycles. The van der Waals surface area contributed by atoms with Gasteiger partial charge in [-0.05, 0) is 61.4 Å². The molecule has 1 aliphatic heterocycles. The normalized spacial score (nSPS) is 17.0. The number of nitrogens with zero attached hydrogens (tertiary/aromatic N) is 1. The van der Waals surface area contributed by atoms with Crippen molar-refractivity contribution in [3.05, 3.63) is 54.1 Å². The number of hydrogen-bond acceptors (Lipinski definition) is 6. The summed E-state index contributed by atoms with van der Waals surface area (Å²) in [5.41, 5.74) is 0.905. The minimum atomic E-state index is -3.73. The van der Waals surface area contributed by atoms with Gasteiger partial charge < -0.3 is 14.8 Å². The summed E-state index contributed by atoms with van der Waals surface area (Å²) < 4.78 is 37.5. The van der Waals surface area contributed by atoms with Crippen LogP contribution in [0.4, 0.5) is 5.69 Å². The van der Waals surface area contributed by atoms with Crippen molar-refractivity contribution in [3.63, 3.8) is 0 Å². The molecule has 1 N–H and O–H groups in total. The lowest BCUT2D eigenvalue weighted by atomic mass is 10.0. The Labute approximate surface area is 182 Å². The third-order valence-corrected chi connectivity index (χ3v) is 7.22. The molecule has 0 radical (unpaired) electrons. The van der Waals surface area contributed by atoms with E-state index in [-0.39, 0.29) is 17.2 Å². The Morgan fingerprint density at radius 1 is 1.03 bits per heavy atom. The van der Waals surface area contributed by atoms with E-state index in [1.807, 2.05) is 0 Å². The zero-order valence-corrected chi connectivity index (χ0v) is 18.4. The Morgan fingerprint density at radius 3 is 2.32 bits per heavy atom. The molecule has 0 bridgehead atoms. The number of sulfonamides is 1. The van der Waals surface area contributed by atoms with E-state index in [1.165, 1.54) is 30.7 Å². The van der Waals surface area contributed by atoms with Crippen molar-refractivity contribution in [2.75, 3.05) is 26.1 Å². The number of rotatable bonds is 7. The van der Waals surface area contributed by atoms with Crippen LogP contribution in [0.3, 0.4) is 0 Å². The van der Waals surface area contributed by atoms with E-state index in [4.69, 9.17) is 4.74 Å². The number of esters is 1. The first-order chi connectivity index (χ1) is 14.8.